The van der Waals surface area contributed by atoms with Crippen LogP contribution in [0.5, 0.6) is 0 Å². The van der Waals surface area contributed by atoms with Crippen molar-refractivity contribution in [1.29, 1.82) is 0 Å². The summed E-state index contributed by atoms with van der Waals surface area (Å²) < 4.78 is 64.1. The lowest BCUT2D eigenvalue weighted by Gasteiger charge is -2.46. The lowest BCUT2D eigenvalue weighted by molar-refractivity contribution is -0.137. The Bertz CT molecular complexity index is 766. The van der Waals surface area contributed by atoms with Crippen LogP contribution in [0.15, 0.2) is 29.2 Å². The molecular weight excluding hydrogens is 371 g/mol. The van der Waals surface area contributed by atoms with E-state index < -0.39 is 21.8 Å². The van der Waals surface area contributed by atoms with Gasteiger partial charge in [0, 0.05) is 25.0 Å². The number of alkyl halides is 3. The maximum absolute atomic E-state index is 12.6. The third-order valence-corrected chi connectivity index (χ3v) is 6.94. The number of likely N-dealkylation sites (tertiary alicyclic amines) is 1. The maximum atomic E-state index is 12.6. The van der Waals surface area contributed by atoms with Gasteiger partial charge in [0.15, 0.2) is 0 Å². The van der Waals surface area contributed by atoms with Crippen LogP contribution in [0.1, 0.15) is 18.4 Å². The smallest absolute Gasteiger partial charge is 0.369 e. The largest absolute Gasteiger partial charge is 0.416 e. The van der Waals surface area contributed by atoms with Gasteiger partial charge in [0.05, 0.1) is 10.5 Å². The first-order valence-electron chi connectivity index (χ1n) is 8.30. The van der Waals surface area contributed by atoms with Gasteiger partial charge < -0.3 is 5.73 Å². The summed E-state index contributed by atoms with van der Waals surface area (Å²) in [6.45, 7) is 1.97. The molecule has 0 atom stereocenters. The molecule has 2 N–H and O–H groups in total. The summed E-state index contributed by atoms with van der Waals surface area (Å²) in [6, 6.07) is 3.60. The monoisotopic (exact) mass is 391 g/mol. The number of nitrogens with zero attached hydrogens (tertiary/aromatic N) is 2. The molecule has 0 radical (unpaired) electrons. The molecular formula is C16H20F3N3O3S. The van der Waals surface area contributed by atoms with E-state index in [-0.39, 0.29) is 22.8 Å². The molecule has 2 fully saturated rings. The molecule has 6 nitrogen and oxygen atoms in total. The molecule has 2 saturated heterocycles. The number of piperidine rings is 1. The van der Waals surface area contributed by atoms with Gasteiger partial charge in [-0.05, 0) is 50.2 Å². The van der Waals surface area contributed by atoms with Crippen LogP contribution in [0.4, 0.5) is 13.2 Å². The number of sulfonamides is 1. The van der Waals surface area contributed by atoms with Crippen molar-refractivity contribution in [2.24, 2.45) is 11.7 Å². The molecule has 2 aliphatic rings. The normalized spacial score (nSPS) is 21.5. The highest BCUT2D eigenvalue weighted by atomic mass is 32.2. The van der Waals surface area contributed by atoms with Gasteiger partial charge in [-0.25, -0.2) is 8.42 Å². The summed E-state index contributed by atoms with van der Waals surface area (Å²) in [5.41, 5.74) is 4.42. The first-order chi connectivity index (χ1) is 12.1. The Hall–Kier alpha value is -1.65. The van der Waals surface area contributed by atoms with Crippen LogP contribution < -0.4 is 5.73 Å². The Morgan fingerprint density at radius 2 is 1.62 bits per heavy atom. The standard InChI is InChI=1S/C16H20F3N3O3S/c17-16(18,19)12-1-3-14(4-2-12)26(24,25)22-9-13(10-22)21-7-5-11(6-8-21)15(20)23/h1-4,11,13H,5-10H2,(H2,20,23). The average molecular weight is 391 g/mol. The van der Waals surface area contributed by atoms with E-state index >= 15 is 0 Å². The molecule has 3 rings (SSSR count). The zero-order chi connectivity index (χ0) is 19.1. The fraction of sp³-hybridized carbons (Fsp3) is 0.562. The van der Waals surface area contributed by atoms with Gasteiger partial charge in [-0.15, -0.1) is 0 Å². The van der Waals surface area contributed by atoms with Gasteiger partial charge in [0.25, 0.3) is 0 Å². The summed E-state index contributed by atoms with van der Waals surface area (Å²) in [5, 5.41) is 0. The van der Waals surface area contributed by atoms with Crippen molar-refractivity contribution in [3.05, 3.63) is 29.8 Å². The Morgan fingerprint density at radius 1 is 1.08 bits per heavy atom. The number of amides is 1. The number of hydrogen-bond donors (Lipinski definition) is 1. The van der Waals surface area contributed by atoms with Crippen molar-refractivity contribution in [1.82, 2.24) is 9.21 Å². The second-order valence-electron chi connectivity index (χ2n) is 6.71. The predicted octanol–water partition coefficient (Wildman–Crippen LogP) is 1.28. The first-order valence-corrected chi connectivity index (χ1v) is 9.74. The predicted molar refractivity (Wildman–Crippen MR) is 87.5 cm³/mol. The number of nitrogens with two attached hydrogens (primary N) is 1. The quantitative estimate of drug-likeness (QED) is 0.838. The van der Waals surface area contributed by atoms with E-state index in [1.807, 2.05) is 0 Å². The van der Waals surface area contributed by atoms with Gasteiger partial charge in [0.1, 0.15) is 0 Å². The number of halogens is 3. The molecule has 10 heteroatoms. The fourth-order valence-corrected chi connectivity index (χ4v) is 4.87. The molecule has 0 saturated carbocycles. The van der Waals surface area contributed by atoms with Crippen molar-refractivity contribution in [2.75, 3.05) is 26.2 Å². The molecule has 0 bridgehead atoms. The second-order valence-corrected chi connectivity index (χ2v) is 8.65. The Morgan fingerprint density at radius 3 is 2.08 bits per heavy atom. The van der Waals surface area contributed by atoms with Gasteiger partial charge in [-0.2, -0.15) is 17.5 Å². The maximum Gasteiger partial charge on any atom is 0.416 e. The number of carbonyl (C=O) groups is 1. The summed E-state index contributed by atoms with van der Waals surface area (Å²) in [6.07, 6.45) is -3.17. The Labute approximate surface area is 149 Å². The molecule has 0 aliphatic carbocycles. The van der Waals surface area contributed by atoms with Crippen molar-refractivity contribution >= 4 is 15.9 Å². The van der Waals surface area contributed by atoms with Gasteiger partial charge in [-0.3, -0.25) is 9.69 Å². The van der Waals surface area contributed by atoms with E-state index in [1.165, 1.54) is 4.31 Å². The molecule has 144 valence electrons. The summed E-state index contributed by atoms with van der Waals surface area (Å²) in [5.74, 6) is -0.428. The molecule has 0 aromatic heterocycles. The highest BCUT2D eigenvalue weighted by Gasteiger charge is 2.41. The van der Waals surface area contributed by atoms with Crippen LogP contribution in [-0.2, 0) is 21.0 Å². The van der Waals surface area contributed by atoms with E-state index in [2.05, 4.69) is 4.90 Å². The number of hydrogen-bond acceptors (Lipinski definition) is 4. The lowest BCUT2D eigenvalue weighted by Crippen LogP contribution is -2.62. The number of carbonyl (C=O) groups excluding carboxylic acids is 1. The van der Waals surface area contributed by atoms with Crippen LogP contribution in [-0.4, -0.2) is 55.8 Å². The molecule has 0 unspecified atom stereocenters. The molecule has 1 amide bonds. The minimum atomic E-state index is -4.50. The van der Waals surface area contributed by atoms with Gasteiger partial charge in [-0.1, -0.05) is 0 Å². The number of benzene rings is 1. The molecule has 2 aliphatic heterocycles. The van der Waals surface area contributed by atoms with Gasteiger partial charge in [0.2, 0.25) is 15.9 Å². The number of rotatable bonds is 4. The first kappa shape index (κ1) is 19.1. The van der Waals surface area contributed by atoms with Crippen LogP contribution in [0, 0.1) is 5.92 Å². The van der Waals surface area contributed by atoms with Crippen molar-refractivity contribution in [2.45, 2.75) is 30.0 Å². The summed E-state index contributed by atoms with van der Waals surface area (Å²) >= 11 is 0. The minimum absolute atomic E-state index is 0.0630. The molecule has 26 heavy (non-hydrogen) atoms. The van der Waals surface area contributed by atoms with E-state index in [1.54, 1.807) is 0 Å². The van der Waals surface area contributed by atoms with Crippen molar-refractivity contribution in [3.63, 3.8) is 0 Å². The van der Waals surface area contributed by atoms with E-state index in [0.29, 0.717) is 39.0 Å². The second kappa shape index (κ2) is 6.82. The third kappa shape index (κ3) is 3.72. The summed E-state index contributed by atoms with van der Waals surface area (Å²) in [4.78, 5) is 13.2. The topological polar surface area (TPSA) is 83.7 Å². The molecule has 1 aromatic carbocycles. The number of primary amides is 1. The molecule has 1 aromatic rings. The van der Waals surface area contributed by atoms with Gasteiger partial charge >= 0.3 is 6.18 Å². The lowest BCUT2D eigenvalue weighted by atomic mass is 9.94. The Kier molecular flexibility index (Phi) is 5.02. The SMILES string of the molecule is NC(=O)C1CCN(C2CN(S(=O)(=O)c3ccc(C(F)(F)F)cc3)C2)CC1. The summed E-state index contributed by atoms with van der Waals surface area (Å²) in [7, 11) is -3.80. The zero-order valence-corrected chi connectivity index (χ0v) is 14.8. The van der Waals surface area contributed by atoms with E-state index in [0.717, 1.165) is 24.3 Å². The van der Waals surface area contributed by atoms with Crippen LogP contribution >= 0.6 is 0 Å². The van der Waals surface area contributed by atoms with E-state index in [9.17, 15) is 26.4 Å². The highest BCUT2D eigenvalue weighted by molar-refractivity contribution is 7.89. The van der Waals surface area contributed by atoms with Crippen molar-refractivity contribution in [3.8, 4) is 0 Å². The Balaban J connectivity index is 1.59. The zero-order valence-electron chi connectivity index (χ0n) is 13.9. The third-order valence-electron chi connectivity index (χ3n) is 5.10. The van der Waals surface area contributed by atoms with Crippen LogP contribution in [0.2, 0.25) is 0 Å². The average Bonchev–Trinajstić information content (AvgIpc) is 2.53. The highest BCUT2D eigenvalue weighted by Crippen LogP contribution is 2.31. The van der Waals surface area contributed by atoms with E-state index in [4.69, 9.17) is 5.73 Å². The fourth-order valence-electron chi connectivity index (χ4n) is 3.36. The molecule has 0 spiro atoms. The molecule has 2 heterocycles. The van der Waals surface area contributed by atoms with Crippen molar-refractivity contribution < 1.29 is 26.4 Å². The van der Waals surface area contributed by atoms with Crippen LogP contribution in [0.3, 0.4) is 0 Å². The minimum Gasteiger partial charge on any atom is -0.369 e. The van der Waals surface area contributed by atoms with Crippen LogP contribution in [0.25, 0.3) is 0 Å².